The first-order valence-electron chi connectivity index (χ1n) is 10.3. The molecule has 0 bridgehead atoms. The number of nitrogen functional groups attached to an aromatic ring is 1. The number of nitrogens with one attached hydrogen (secondary N) is 2. The first-order valence-corrected chi connectivity index (χ1v) is 10.7. The van der Waals surface area contributed by atoms with Crippen LogP contribution in [0.4, 0.5) is 17.1 Å². The molecule has 0 atom stereocenters. The van der Waals surface area contributed by atoms with Crippen LogP contribution < -0.4 is 16.4 Å². The number of nitriles is 1. The van der Waals surface area contributed by atoms with Crippen LogP contribution in [0.2, 0.25) is 5.02 Å². The Morgan fingerprint density at radius 3 is 2.45 bits per heavy atom. The zero-order valence-corrected chi connectivity index (χ0v) is 18.3. The van der Waals surface area contributed by atoms with Gasteiger partial charge < -0.3 is 21.5 Å². The average Bonchev–Trinajstić information content (AvgIpc) is 2.79. The molecule has 0 aliphatic heterocycles. The summed E-state index contributed by atoms with van der Waals surface area (Å²) in [5.41, 5.74) is 7.87. The monoisotopic (exact) mass is 460 g/mol. The number of aliphatic hydroxyl groups is 1. The first kappa shape index (κ1) is 22.3. The molecule has 3 aromatic carbocycles. The first-order chi connectivity index (χ1) is 15.8. The van der Waals surface area contributed by atoms with Crippen LogP contribution in [0.15, 0.2) is 66.7 Å². The Bertz CT molecular complexity index is 1260. The van der Waals surface area contributed by atoms with Crippen molar-refractivity contribution in [1.29, 1.82) is 5.26 Å². The van der Waals surface area contributed by atoms with Crippen LogP contribution in [0.25, 0.3) is 0 Å². The lowest BCUT2D eigenvalue weighted by molar-refractivity contribution is -0.129. The van der Waals surface area contributed by atoms with E-state index in [1.165, 1.54) is 6.07 Å². The molecule has 1 aliphatic carbocycles. The summed E-state index contributed by atoms with van der Waals surface area (Å²) in [5, 5.41) is 25.1. The summed E-state index contributed by atoms with van der Waals surface area (Å²) < 4.78 is 0. The third kappa shape index (κ3) is 4.53. The smallest absolute Gasteiger partial charge is 0.255 e. The topological polar surface area (TPSA) is 128 Å². The third-order valence-corrected chi connectivity index (χ3v) is 6.05. The molecule has 1 saturated carbocycles. The van der Waals surface area contributed by atoms with E-state index in [4.69, 9.17) is 22.6 Å². The number of aliphatic hydroxyl groups excluding tert-OH is 1. The van der Waals surface area contributed by atoms with E-state index >= 15 is 0 Å². The van der Waals surface area contributed by atoms with Crippen LogP contribution in [0.1, 0.15) is 34.3 Å². The van der Waals surface area contributed by atoms with Crippen molar-refractivity contribution in [2.75, 3.05) is 16.4 Å². The maximum Gasteiger partial charge on any atom is 0.255 e. The normalized spacial score (nSPS) is 19.1. The van der Waals surface area contributed by atoms with Crippen molar-refractivity contribution >= 4 is 40.5 Å². The standard InChI is InChI=1S/C25H21ClN4O3/c26-18-6-9-21(28)22(11-18)30-24(33)25(12-20(31)13-25)17-4-7-19(8-5-17)29-23(32)16-3-1-2-15(10-16)14-27/h1-11,20,31H,12-13,28H2,(H,29,32)(H,30,33). The fourth-order valence-electron chi connectivity index (χ4n) is 3.98. The van der Waals surface area contributed by atoms with Crippen LogP contribution in [0, 0.1) is 11.3 Å². The van der Waals surface area contributed by atoms with Gasteiger partial charge >= 0.3 is 0 Å². The molecule has 7 nitrogen and oxygen atoms in total. The summed E-state index contributed by atoms with van der Waals surface area (Å²) in [6.07, 6.45) is -0.0444. The van der Waals surface area contributed by atoms with E-state index < -0.39 is 11.5 Å². The molecule has 33 heavy (non-hydrogen) atoms. The largest absolute Gasteiger partial charge is 0.397 e. The SMILES string of the molecule is N#Cc1cccc(C(=O)Nc2ccc(C3(C(=O)Nc4cc(Cl)ccc4N)CC(O)C3)cc2)c1. The molecule has 8 heteroatoms. The van der Waals surface area contributed by atoms with Crippen LogP contribution >= 0.6 is 11.6 Å². The molecule has 0 heterocycles. The van der Waals surface area contributed by atoms with Gasteiger partial charge in [-0.05, 0) is 66.9 Å². The molecule has 5 N–H and O–H groups in total. The summed E-state index contributed by atoms with van der Waals surface area (Å²) in [4.78, 5) is 25.7. The van der Waals surface area contributed by atoms with E-state index in [1.807, 2.05) is 6.07 Å². The van der Waals surface area contributed by atoms with Gasteiger partial charge in [-0.2, -0.15) is 5.26 Å². The lowest BCUT2D eigenvalue weighted by Crippen LogP contribution is -2.53. The highest BCUT2D eigenvalue weighted by atomic mass is 35.5. The van der Waals surface area contributed by atoms with E-state index in [-0.39, 0.29) is 24.7 Å². The summed E-state index contributed by atoms with van der Waals surface area (Å²) in [6, 6.07) is 20.2. The summed E-state index contributed by atoms with van der Waals surface area (Å²) in [5.74, 6) is -0.630. The van der Waals surface area contributed by atoms with Gasteiger partial charge in [-0.1, -0.05) is 29.8 Å². The fraction of sp³-hybridized carbons (Fsp3) is 0.160. The summed E-state index contributed by atoms with van der Waals surface area (Å²) in [6.45, 7) is 0. The highest BCUT2D eigenvalue weighted by Crippen LogP contribution is 2.45. The third-order valence-electron chi connectivity index (χ3n) is 5.82. The zero-order chi connectivity index (χ0) is 23.6. The van der Waals surface area contributed by atoms with Gasteiger partial charge in [0, 0.05) is 16.3 Å². The molecule has 3 aromatic rings. The van der Waals surface area contributed by atoms with Crippen molar-refractivity contribution in [2.24, 2.45) is 0 Å². The Morgan fingerprint density at radius 1 is 1.06 bits per heavy atom. The second kappa shape index (κ2) is 8.94. The average molecular weight is 461 g/mol. The summed E-state index contributed by atoms with van der Waals surface area (Å²) in [7, 11) is 0. The van der Waals surface area contributed by atoms with Gasteiger partial charge in [0.25, 0.3) is 5.91 Å². The number of nitrogens with zero attached hydrogens (tertiary/aromatic N) is 1. The second-order valence-electron chi connectivity index (χ2n) is 8.05. The molecular weight excluding hydrogens is 440 g/mol. The van der Waals surface area contributed by atoms with Crippen molar-refractivity contribution in [3.63, 3.8) is 0 Å². The minimum absolute atomic E-state index is 0.270. The number of amides is 2. The maximum absolute atomic E-state index is 13.2. The highest BCUT2D eigenvalue weighted by Gasteiger charge is 2.51. The number of carbonyl (C=O) groups is 2. The van der Waals surface area contributed by atoms with Crippen molar-refractivity contribution in [3.05, 3.63) is 88.4 Å². The van der Waals surface area contributed by atoms with Gasteiger partial charge in [-0.15, -0.1) is 0 Å². The lowest BCUT2D eigenvalue weighted by Gasteiger charge is -2.44. The Labute approximate surface area is 195 Å². The van der Waals surface area contributed by atoms with Gasteiger partial charge in [0.2, 0.25) is 5.91 Å². The van der Waals surface area contributed by atoms with Gasteiger partial charge in [0.15, 0.2) is 0 Å². The molecule has 2 amide bonds. The molecule has 0 saturated heterocycles. The minimum Gasteiger partial charge on any atom is -0.397 e. The number of halogens is 1. The molecule has 0 aromatic heterocycles. The Morgan fingerprint density at radius 2 is 1.79 bits per heavy atom. The van der Waals surface area contributed by atoms with E-state index in [2.05, 4.69) is 10.6 Å². The molecule has 1 aliphatic rings. The number of rotatable bonds is 5. The number of hydrogen-bond acceptors (Lipinski definition) is 5. The molecule has 0 spiro atoms. The number of carbonyl (C=O) groups excluding carboxylic acids is 2. The predicted octanol–water partition coefficient (Wildman–Crippen LogP) is 4.08. The Balaban J connectivity index is 1.53. The maximum atomic E-state index is 13.2. The van der Waals surface area contributed by atoms with E-state index in [9.17, 15) is 14.7 Å². The molecule has 4 rings (SSSR count). The summed E-state index contributed by atoms with van der Waals surface area (Å²) >= 11 is 6.03. The van der Waals surface area contributed by atoms with Gasteiger partial charge in [0.05, 0.1) is 34.5 Å². The number of hydrogen-bond donors (Lipinski definition) is 4. The van der Waals surface area contributed by atoms with Gasteiger partial charge in [-0.25, -0.2) is 0 Å². The molecule has 0 radical (unpaired) electrons. The van der Waals surface area contributed by atoms with E-state index in [1.54, 1.807) is 60.7 Å². The number of nitrogens with two attached hydrogens (primary N) is 1. The van der Waals surface area contributed by atoms with E-state index in [0.717, 1.165) is 5.56 Å². The highest BCUT2D eigenvalue weighted by molar-refractivity contribution is 6.31. The van der Waals surface area contributed by atoms with Crippen LogP contribution in [-0.2, 0) is 10.2 Å². The van der Waals surface area contributed by atoms with E-state index in [0.29, 0.717) is 33.2 Å². The van der Waals surface area contributed by atoms with Gasteiger partial charge in [0.1, 0.15) is 0 Å². The van der Waals surface area contributed by atoms with Crippen molar-refractivity contribution < 1.29 is 14.7 Å². The second-order valence-corrected chi connectivity index (χ2v) is 8.49. The van der Waals surface area contributed by atoms with Crippen molar-refractivity contribution in [3.8, 4) is 6.07 Å². The molecule has 1 fully saturated rings. The van der Waals surface area contributed by atoms with Crippen LogP contribution in [0.5, 0.6) is 0 Å². The minimum atomic E-state index is -0.919. The number of benzene rings is 3. The van der Waals surface area contributed by atoms with Crippen molar-refractivity contribution in [2.45, 2.75) is 24.4 Å². The van der Waals surface area contributed by atoms with Crippen molar-refractivity contribution in [1.82, 2.24) is 0 Å². The Kier molecular flexibility index (Phi) is 6.05. The predicted molar refractivity (Wildman–Crippen MR) is 127 cm³/mol. The molecule has 0 unspecified atom stereocenters. The lowest BCUT2D eigenvalue weighted by atomic mass is 9.62. The zero-order valence-electron chi connectivity index (χ0n) is 17.5. The van der Waals surface area contributed by atoms with Gasteiger partial charge in [-0.3, -0.25) is 9.59 Å². The van der Waals surface area contributed by atoms with Crippen LogP contribution in [-0.4, -0.2) is 23.0 Å². The fourth-order valence-corrected chi connectivity index (χ4v) is 4.15. The Hall–Kier alpha value is -3.86. The molecular formula is C25H21ClN4O3. The molecule has 166 valence electrons. The van der Waals surface area contributed by atoms with Crippen LogP contribution in [0.3, 0.4) is 0 Å². The number of anilines is 3. The quantitative estimate of drug-likeness (QED) is 0.426.